The lowest BCUT2D eigenvalue weighted by molar-refractivity contribution is -0.121. The number of hydrogen-bond acceptors (Lipinski definition) is 2. The fraction of sp³-hybridized carbons (Fsp3) is 0.278. The summed E-state index contributed by atoms with van der Waals surface area (Å²) in [6.45, 7) is 0. The van der Waals surface area contributed by atoms with Gasteiger partial charge in [-0.1, -0.05) is 36.4 Å². The Kier molecular flexibility index (Phi) is 3.91. The number of methoxy groups -OCH3 is 1. The number of carbonyl (C=O) groups is 1. The van der Waals surface area contributed by atoms with Crippen LogP contribution in [0.5, 0.6) is 5.75 Å². The molecular weight excluding hydrogens is 262 g/mol. The van der Waals surface area contributed by atoms with Crippen LogP contribution in [0.4, 0.5) is 0 Å². The Morgan fingerprint density at radius 1 is 1.19 bits per heavy atom. The Labute approximate surface area is 124 Å². The van der Waals surface area contributed by atoms with Gasteiger partial charge in [-0.15, -0.1) is 0 Å². The van der Waals surface area contributed by atoms with E-state index in [1.165, 1.54) is 11.1 Å². The summed E-state index contributed by atoms with van der Waals surface area (Å²) in [5.74, 6) is 0.880. The highest BCUT2D eigenvalue weighted by molar-refractivity contribution is 5.79. The number of nitrogens with one attached hydrogen (secondary N) is 1. The van der Waals surface area contributed by atoms with E-state index in [9.17, 15) is 4.79 Å². The lowest BCUT2D eigenvalue weighted by Crippen LogP contribution is -2.28. The normalized spacial score (nSPS) is 16.3. The lowest BCUT2D eigenvalue weighted by Gasteiger charge is -2.14. The molecule has 0 radical (unpaired) electrons. The van der Waals surface area contributed by atoms with Crippen molar-refractivity contribution in [3.05, 3.63) is 65.2 Å². The van der Waals surface area contributed by atoms with Gasteiger partial charge in [-0.05, 0) is 41.7 Å². The molecule has 0 saturated carbocycles. The Morgan fingerprint density at radius 3 is 2.71 bits per heavy atom. The molecule has 1 aliphatic rings. The lowest BCUT2D eigenvalue weighted by atomic mass is 10.1. The van der Waals surface area contributed by atoms with Gasteiger partial charge in [-0.25, -0.2) is 0 Å². The highest BCUT2D eigenvalue weighted by atomic mass is 16.5. The number of amides is 1. The van der Waals surface area contributed by atoms with E-state index in [1.807, 2.05) is 30.3 Å². The first-order chi connectivity index (χ1) is 10.3. The third-order valence-corrected chi connectivity index (χ3v) is 3.99. The van der Waals surface area contributed by atoms with Crippen molar-refractivity contribution in [3.63, 3.8) is 0 Å². The molecule has 3 nitrogen and oxygen atoms in total. The van der Waals surface area contributed by atoms with Crippen LogP contribution in [0.1, 0.15) is 29.2 Å². The highest BCUT2D eigenvalue weighted by Crippen LogP contribution is 2.30. The second-order valence-corrected chi connectivity index (χ2v) is 5.38. The minimum atomic E-state index is 0.0712. The first-order valence-electron chi connectivity index (χ1n) is 7.26. The van der Waals surface area contributed by atoms with Crippen LogP contribution in [0.3, 0.4) is 0 Å². The number of rotatable bonds is 4. The van der Waals surface area contributed by atoms with E-state index >= 15 is 0 Å². The molecule has 0 bridgehead atoms. The molecule has 1 aliphatic carbocycles. The summed E-state index contributed by atoms with van der Waals surface area (Å²) in [5.41, 5.74) is 3.62. The summed E-state index contributed by atoms with van der Waals surface area (Å²) in [6, 6.07) is 16.1. The molecule has 0 saturated heterocycles. The van der Waals surface area contributed by atoms with Gasteiger partial charge in [-0.3, -0.25) is 4.79 Å². The van der Waals surface area contributed by atoms with E-state index in [0.717, 1.165) is 24.2 Å². The van der Waals surface area contributed by atoms with E-state index in [0.29, 0.717) is 6.42 Å². The quantitative estimate of drug-likeness (QED) is 0.935. The number of hydrogen-bond donors (Lipinski definition) is 1. The average Bonchev–Trinajstić information content (AvgIpc) is 2.91. The van der Waals surface area contributed by atoms with E-state index in [-0.39, 0.29) is 11.9 Å². The van der Waals surface area contributed by atoms with Crippen LogP contribution in [0.2, 0.25) is 0 Å². The second kappa shape index (κ2) is 6.00. The Bertz CT molecular complexity index is 634. The van der Waals surface area contributed by atoms with E-state index in [1.54, 1.807) is 7.11 Å². The van der Waals surface area contributed by atoms with Crippen molar-refractivity contribution in [1.29, 1.82) is 0 Å². The number of fused-ring (bicyclic) bond motifs is 1. The van der Waals surface area contributed by atoms with Crippen molar-refractivity contribution in [3.8, 4) is 5.75 Å². The van der Waals surface area contributed by atoms with Gasteiger partial charge in [0.05, 0.1) is 19.6 Å². The summed E-state index contributed by atoms with van der Waals surface area (Å²) >= 11 is 0. The second-order valence-electron chi connectivity index (χ2n) is 5.38. The first-order valence-corrected chi connectivity index (χ1v) is 7.26. The number of benzene rings is 2. The van der Waals surface area contributed by atoms with Crippen LogP contribution in [-0.4, -0.2) is 13.0 Å². The van der Waals surface area contributed by atoms with Crippen LogP contribution in [0.15, 0.2) is 48.5 Å². The minimum absolute atomic E-state index is 0.0712. The van der Waals surface area contributed by atoms with Crippen molar-refractivity contribution in [2.24, 2.45) is 0 Å². The van der Waals surface area contributed by atoms with E-state index < -0.39 is 0 Å². The molecule has 21 heavy (non-hydrogen) atoms. The Hall–Kier alpha value is -2.29. The molecule has 3 heteroatoms. The maximum Gasteiger partial charge on any atom is 0.224 e. The number of aryl methyl sites for hydroxylation is 1. The van der Waals surface area contributed by atoms with Crippen molar-refractivity contribution >= 4 is 5.91 Å². The highest BCUT2D eigenvalue weighted by Gasteiger charge is 2.23. The van der Waals surface area contributed by atoms with Crippen LogP contribution in [-0.2, 0) is 17.6 Å². The Balaban J connectivity index is 1.62. The molecular formula is C18H19NO2. The molecule has 1 amide bonds. The van der Waals surface area contributed by atoms with Gasteiger partial charge in [0, 0.05) is 0 Å². The molecule has 2 aromatic carbocycles. The van der Waals surface area contributed by atoms with Gasteiger partial charge < -0.3 is 10.1 Å². The van der Waals surface area contributed by atoms with Gasteiger partial charge in [0.25, 0.3) is 0 Å². The molecule has 0 heterocycles. The molecule has 1 N–H and O–H groups in total. The van der Waals surface area contributed by atoms with Gasteiger partial charge in [-0.2, -0.15) is 0 Å². The summed E-state index contributed by atoms with van der Waals surface area (Å²) < 4.78 is 5.12. The molecule has 3 rings (SSSR count). The topological polar surface area (TPSA) is 38.3 Å². The monoisotopic (exact) mass is 281 g/mol. The molecule has 0 aromatic heterocycles. The molecule has 0 aliphatic heterocycles. The van der Waals surface area contributed by atoms with Crippen LogP contribution in [0, 0.1) is 0 Å². The average molecular weight is 281 g/mol. The van der Waals surface area contributed by atoms with Crippen molar-refractivity contribution in [2.75, 3.05) is 7.11 Å². The third-order valence-electron chi connectivity index (χ3n) is 3.99. The zero-order valence-electron chi connectivity index (χ0n) is 12.1. The van der Waals surface area contributed by atoms with Crippen LogP contribution in [0.25, 0.3) is 0 Å². The van der Waals surface area contributed by atoms with Crippen molar-refractivity contribution in [2.45, 2.75) is 25.3 Å². The zero-order valence-corrected chi connectivity index (χ0v) is 12.1. The molecule has 0 spiro atoms. The standard InChI is InChI=1S/C18H19NO2/c1-21-15-9-6-13(7-10-15)12-18(20)19-17-11-8-14-4-2-3-5-16(14)17/h2-7,9-10,17H,8,11-12H2,1H3,(H,19,20). The summed E-state index contributed by atoms with van der Waals surface area (Å²) in [6.07, 6.45) is 2.44. The molecule has 2 aromatic rings. The van der Waals surface area contributed by atoms with Gasteiger partial charge >= 0.3 is 0 Å². The molecule has 108 valence electrons. The maximum absolute atomic E-state index is 12.2. The third kappa shape index (κ3) is 3.07. The smallest absolute Gasteiger partial charge is 0.224 e. The SMILES string of the molecule is COc1ccc(CC(=O)NC2CCc3ccccc32)cc1. The van der Waals surface area contributed by atoms with Crippen molar-refractivity contribution < 1.29 is 9.53 Å². The minimum Gasteiger partial charge on any atom is -0.497 e. The van der Waals surface area contributed by atoms with Gasteiger partial charge in [0.2, 0.25) is 5.91 Å². The maximum atomic E-state index is 12.2. The summed E-state index contributed by atoms with van der Waals surface area (Å²) in [4.78, 5) is 12.2. The number of carbonyl (C=O) groups excluding carboxylic acids is 1. The molecule has 1 atom stereocenters. The van der Waals surface area contributed by atoms with E-state index in [4.69, 9.17) is 4.74 Å². The molecule has 0 fully saturated rings. The summed E-state index contributed by atoms with van der Waals surface area (Å²) in [7, 11) is 1.64. The van der Waals surface area contributed by atoms with Crippen LogP contribution >= 0.6 is 0 Å². The summed E-state index contributed by atoms with van der Waals surface area (Å²) in [5, 5.41) is 3.14. The van der Waals surface area contributed by atoms with E-state index in [2.05, 4.69) is 23.5 Å². The first kappa shape index (κ1) is 13.7. The fourth-order valence-electron chi connectivity index (χ4n) is 2.88. The van der Waals surface area contributed by atoms with Gasteiger partial charge in [0.15, 0.2) is 0 Å². The fourth-order valence-corrected chi connectivity index (χ4v) is 2.88. The largest absolute Gasteiger partial charge is 0.497 e. The predicted molar refractivity (Wildman–Crippen MR) is 82.3 cm³/mol. The Morgan fingerprint density at radius 2 is 1.95 bits per heavy atom. The van der Waals surface area contributed by atoms with Crippen LogP contribution < -0.4 is 10.1 Å². The van der Waals surface area contributed by atoms with Gasteiger partial charge in [0.1, 0.15) is 5.75 Å². The van der Waals surface area contributed by atoms with Crippen molar-refractivity contribution in [1.82, 2.24) is 5.32 Å². The predicted octanol–water partition coefficient (Wildman–Crippen LogP) is 3.04. The molecule has 1 unspecified atom stereocenters. The zero-order chi connectivity index (χ0) is 14.7. The number of ether oxygens (including phenoxy) is 1.